The molecular formula is C48H39N. The molecule has 0 aliphatic heterocycles. The monoisotopic (exact) mass is 629 g/mol. The lowest BCUT2D eigenvalue weighted by Crippen LogP contribution is -2.10. The number of benzene rings is 7. The summed E-state index contributed by atoms with van der Waals surface area (Å²) in [6.07, 6.45) is 4.57. The van der Waals surface area contributed by atoms with Crippen LogP contribution in [-0.4, -0.2) is 0 Å². The van der Waals surface area contributed by atoms with Gasteiger partial charge in [-0.1, -0.05) is 152 Å². The summed E-state index contributed by atoms with van der Waals surface area (Å²) in [6, 6.07) is 67.0. The van der Waals surface area contributed by atoms with Gasteiger partial charge in [0.1, 0.15) is 0 Å². The summed E-state index contributed by atoms with van der Waals surface area (Å²) in [4.78, 5) is 2.35. The van der Waals surface area contributed by atoms with Crippen molar-refractivity contribution in [1.29, 1.82) is 0 Å². The summed E-state index contributed by atoms with van der Waals surface area (Å²) in [5.41, 5.74) is 15.4. The summed E-state index contributed by atoms with van der Waals surface area (Å²) in [5.74, 6) is 0. The Bertz CT molecular complexity index is 1940. The molecule has 0 aliphatic carbocycles. The minimum atomic E-state index is 1.11. The third kappa shape index (κ3) is 7.53. The number of hydrogen-bond acceptors (Lipinski definition) is 1. The van der Waals surface area contributed by atoms with Gasteiger partial charge in [-0.05, 0) is 118 Å². The zero-order valence-corrected chi connectivity index (χ0v) is 28.0. The van der Waals surface area contributed by atoms with E-state index >= 15 is 0 Å². The van der Waals surface area contributed by atoms with E-state index in [-0.39, 0.29) is 0 Å². The van der Waals surface area contributed by atoms with Crippen LogP contribution in [0.25, 0.3) is 23.3 Å². The van der Waals surface area contributed by atoms with Crippen LogP contribution in [0.5, 0.6) is 0 Å². The third-order valence-electron chi connectivity index (χ3n) is 8.73. The average Bonchev–Trinajstić information content (AvgIpc) is 3.15. The van der Waals surface area contributed by atoms with Crippen molar-refractivity contribution in [3.63, 3.8) is 0 Å². The maximum Gasteiger partial charge on any atom is 0.0466 e. The molecule has 0 aliphatic rings. The van der Waals surface area contributed by atoms with E-state index in [9.17, 15) is 0 Å². The molecule has 7 aromatic carbocycles. The largest absolute Gasteiger partial charge is 0.310 e. The summed E-state index contributed by atoms with van der Waals surface area (Å²) < 4.78 is 0. The van der Waals surface area contributed by atoms with Gasteiger partial charge in [0, 0.05) is 17.1 Å². The molecule has 7 aromatic rings. The first-order valence-electron chi connectivity index (χ1n) is 16.8. The standard InChI is InChI=1S/C48H39N/c1-36-31-37(2)33-46(32-36)49(44-27-23-38(24-28-44)34-47(40-15-7-3-8-16-40)41-17-9-4-10-18-41)45-29-25-39(26-30-45)35-48(42-19-11-5-12-20-42)43-21-13-6-14-22-43/h3-35H,1-2H3. The maximum atomic E-state index is 2.35. The van der Waals surface area contributed by atoms with Crippen molar-refractivity contribution < 1.29 is 0 Å². The Labute approximate surface area is 290 Å². The van der Waals surface area contributed by atoms with E-state index in [1.54, 1.807) is 0 Å². The first-order chi connectivity index (χ1) is 24.1. The second-order valence-corrected chi connectivity index (χ2v) is 12.4. The molecular weight excluding hydrogens is 591 g/mol. The van der Waals surface area contributed by atoms with Crippen LogP contribution in [0.1, 0.15) is 44.5 Å². The minimum Gasteiger partial charge on any atom is -0.310 e. The SMILES string of the molecule is Cc1cc(C)cc(N(c2ccc(C=C(c3ccccc3)c3ccccc3)cc2)c2ccc(C=C(c3ccccc3)c3ccccc3)cc2)c1. The molecule has 0 bridgehead atoms. The molecule has 0 heterocycles. The topological polar surface area (TPSA) is 3.24 Å². The Hall–Kier alpha value is -6.18. The Balaban J connectivity index is 1.27. The van der Waals surface area contributed by atoms with Gasteiger partial charge in [-0.25, -0.2) is 0 Å². The molecule has 0 radical (unpaired) electrons. The molecule has 7 rings (SSSR count). The zero-order valence-electron chi connectivity index (χ0n) is 28.0. The quantitative estimate of drug-likeness (QED) is 0.144. The molecule has 0 amide bonds. The molecule has 0 atom stereocenters. The van der Waals surface area contributed by atoms with Gasteiger partial charge in [0.25, 0.3) is 0 Å². The summed E-state index contributed by atoms with van der Waals surface area (Å²) >= 11 is 0. The molecule has 0 N–H and O–H groups in total. The molecule has 0 aromatic heterocycles. The third-order valence-corrected chi connectivity index (χ3v) is 8.73. The maximum absolute atomic E-state index is 2.35. The Morgan fingerprint density at radius 1 is 0.347 bits per heavy atom. The summed E-state index contributed by atoms with van der Waals surface area (Å²) in [6.45, 7) is 4.33. The van der Waals surface area contributed by atoms with Gasteiger partial charge in [0.15, 0.2) is 0 Å². The Kier molecular flexibility index (Phi) is 9.43. The number of aryl methyl sites for hydroxylation is 2. The predicted octanol–water partition coefficient (Wildman–Crippen LogP) is 13.0. The highest BCUT2D eigenvalue weighted by molar-refractivity contribution is 5.93. The normalized spacial score (nSPS) is 10.7. The molecule has 0 spiro atoms. The molecule has 1 nitrogen and oxygen atoms in total. The summed E-state index contributed by atoms with van der Waals surface area (Å²) in [7, 11) is 0. The molecule has 236 valence electrons. The highest BCUT2D eigenvalue weighted by atomic mass is 15.1. The predicted molar refractivity (Wildman–Crippen MR) is 210 cm³/mol. The molecule has 0 unspecified atom stereocenters. The van der Waals surface area contributed by atoms with Crippen LogP contribution in [0.2, 0.25) is 0 Å². The fraction of sp³-hybridized carbons (Fsp3) is 0.0417. The fourth-order valence-electron chi connectivity index (χ4n) is 6.44. The van der Waals surface area contributed by atoms with Gasteiger partial charge in [-0.2, -0.15) is 0 Å². The van der Waals surface area contributed by atoms with E-state index in [1.807, 2.05) is 0 Å². The lowest BCUT2D eigenvalue weighted by molar-refractivity contribution is 1.25. The van der Waals surface area contributed by atoms with E-state index in [2.05, 4.69) is 219 Å². The molecule has 49 heavy (non-hydrogen) atoms. The van der Waals surface area contributed by atoms with Crippen LogP contribution in [-0.2, 0) is 0 Å². The molecule has 1 heteroatoms. The van der Waals surface area contributed by atoms with Crippen molar-refractivity contribution in [3.05, 3.63) is 233 Å². The smallest absolute Gasteiger partial charge is 0.0466 e. The zero-order chi connectivity index (χ0) is 33.4. The van der Waals surface area contributed by atoms with Crippen molar-refractivity contribution in [2.45, 2.75) is 13.8 Å². The fourth-order valence-corrected chi connectivity index (χ4v) is 6.44. The first-order valence-corrected chi connectivity index (χ1v) is 16.8. The van der Waals surface area contributed by atoms with Crippen LogP contribution in [0, 0.1) is 13.8 Å². The second-order valence-electron chi connectivity index (χ2n) is 12.4. The first kappa shape index (κ1) is 31.4. The van der Waals surface area contributed by atoms with Gasteiger partial charge in [-0.15, -0.1) is 0 Å². The number of nitrogens with zero attached hydrogens (tertiary/aromatic N) is 1. The van der Waals surface area contributed by atoms with Gasteiger partial charge in [0.05, 0.1) is 0 Å². The lowest BCUT2D eigenvalue weighted by atomic mass is 9.95. The van der Waals surface area contributed by atoms with E-state index in [4.69, 9.17) is 0 Å². The van der Waals surface area contributed by atoms with Crippen molar-refractivity contribution >= 4 is 40.4 Å². The van der Waals surface area contributed by atoms with E-state index in [0.717, 1.165) is 28.2 Å². The highest BCUT2D eigenvalue weighted by Crippen LogP contribution is 2.37. The lowest BCUT2D eigenvalue weighted by Gasteiger charge is -2.26. The van der Waals surface area contributed by atoms with Crippen LogP contribution < -0.4 is 4.90 Å². The molecule has 0 saturated heterocycles. The Morgan fingerprint density at radius 3 is 0.959 bits per heavy atom. The van der Waals surface area contributed by atoms with Crippen molar-refractivity contribution in [2.75, 3.05) is 4.90 Å². The van der Waals surface area contributed by atoms with Gasteiger partial charge >= 0.3 is 0 Å². The van der Waals surface area contributed by atoms with Crippen molar-refractivity contribution in [2.24, 2.45) is 0 Å². The number of rotatable bonds is 9. The van der Waals surface area contributed by atoms with Gasteiger partial charge in [-0.3, -0.25) is 0 Å². The van der Waals surface area contributed by atoms with E-state index < -0.39 is 0 Å². The Morgan fingerprint density at radius 2 is 0.653 bits per heavy atom. The minimum absolute atomic E-state index is 1.11. The summed E-state index contributed by atoms with van der Waals surface area (Å²) in [5, 5.41) is 0. The van der Waals surface area contributed by atoms with Crippen molar-refractivity contribution in [1.82, 2.24) is 0 Å². The van der Waals surface area contributed by atoms with Crippen LogP contribution in [0.3, 0.4) is 0 Å². The van der Waals surface area contributed by atoms with Gasteiger partial charge in [0.2, 0.25) is 0 Å². The van der Waals surface area contributed by atoms with Crippen molar-refractivity contribution in [3.8, 4) is 0 Å². The number of anilines is 3. The number of hydrogen-bond donors (Lipinski definition) is 0. The molecule has 0 saturated carbocycles. The van der Waals surface area contributed by atoms with Crippen LogP contribution in [0.15, 0.2) is 188 Å². The second kappa shape index (κ2) is 14.7. The highest BCUT2D eigenvalue weighted by Gasteiger charge is 2.14. The van der Waals surface area contributed by atoms with Crippen LogP contribution in [0.4, 0.5) is 17.1 Å². The van der Waals surface area contributed by atoms with E-state index in [0.29, 0.717) is 0 Å². The average molecular weight is 630 g/mol. The van der Waals surface area contributed by atoms with E-state index in [1.165, 1.54) is 44.5 Å². The van der Waals surface area contributed by atoms with Crippen LogP contribution >= 0.6 is 0 Å². The molecule has 0 fully saturated rings. The van der Waals surface area contributed by atoms with Gasteiger partial charge < -0.3 is 4.90 Å².